The maximum atomic E-state index is 11.4. The van der Waals surface area contributed by atoms with Crippen molar-refractivity contribution in [1.29, 1.82) is 0 Å². The van der Waals surface area contributed by atoms with Crippen molar-refractivity contribution in [1.82, 2.24) is 5.32 Å². The minimum atomic E-state index is -1.15. The second kappa shape index (κ2) is 10.2. The number of nitrogens with two attached hydrogens (primary N) is 2. The van der Waals surface area contributed by atoms with Crippen LogP contribution in [0.2, 0.25) is 0 Å². The lowest BCUT2D eigenvalue weighted by molar-refractivity contribution is -0.139. The molecule has 0 rings (SSSR count). The van der Waals surface area contributed by atoms with Crippen LogP contribution in [0.5, 0.6) is 0 Å². The first-order valence-corrected chi connectivity index (χ1v) is 6.61. The molecule has 0 heterocycles. The quantitative estimate of drug-likeness (QED) is 0.235. The maximum absolute atomic E-state index is 11.4. The SMILES string of the molecule is NC(CCC(=O)CNCC(O)CCC(N)C(=O)O)C(=O)O. The lowest BCUT2D eigenvalue weighted by Gasteiger charge is -2.13. The number of aliphatic hydroxyl groups excluding tert-OH is 1. The van der Waals surface area contributed by atoms with Gasteiger partial charge in [-0.15, -0.1) is 0 Å². The molecule has 0 amide bonds. The Morgan fingerprint density at radius 2 is 1.48 bits per heavy atom. The molecule has 0 spiro atoms. The van der Waals surface area contributed by atoms with Gasteiger partial charge < -0.3 is 32.1 Å². The number of carboxylic acid groups (broad SMARTS) is 2. The monoisotopic (exact) mass is 305 g/mol. The Hall–Kier alpha value is -1.55. The van der Waals surface area contributed by atoms with Crippen LogP contribution < -0.4 is 16.8 Å². The van der Waals surface area contributed by atoms with Crippen molar-refractivity contribution in [2.24, 2.45) is 11.5 Å². The zero-order chi connectivity index (χ0) is 16.4. The summed E-state index contributed by atoms with van der Waals surface area (Å²) in [5, 5.41) is 29.4. The van der Waals surface area contributed by atoms with Crippen LogP contribution in [0.1, 0.15) is 25.7 Å². The molecule has 3 unspecified atom stereocenters. The molecule has 9 heteroatoms. The fraction of sp³-hybridized carbons (Fsp3) is 0.750. The number of Topliss-reactive ketones (excluding diaryl/α,β-unsaturated/α-hetero) is 1. The van der Waals surface area contributed by atoms with Gasteiger partial charge >= 0.3 is 11.9 Å². The maximum Gasteiger partial charge on any atom is 0.320 e. The molecular formula is C12H23N3O6. The molecule has 0 saturated heterocycles. The molecule has 9 nitrogen and oxygen atoms in total. The van der Waals surface area contributed by atoms with Crippen molar-refractivity contribution in [2.75, 3.05) is 13.1 Å². The third-order valence-electron chi connectivity index (χ3n) is 2.88. The second-order valence-electron chi connectivity index (χ2n) is 4.83. The summed E-state index contributed by atoms with van der Waals surface area (Å²) in [7, 11) is 0. The summed E-state index contributed by atoms with van der Waals surface area (Å²) in [6, 6.07) is -2.07. The molecule has 0 aromatic heterocycles. The van der Waals surface area contributed by atoms with Crippen LogP contribution in [0.15, 0.2) is 0 Å². The molecule has 122 valence electrons. The van der Waals surface area contributed by atoms with E-state index in [1.807, 2.05) is 0 Å². The van der Waals surface area contributed by atoms with E-state index in [9.17, 15) is 19.5 Å². The molecule has 21 heavy (non-hydrogen) atoms. The molecular weight excluding hydrogens is 282 g/mol. The largest absolute Gasteiger partial charge is 0.480 e. The zero-order valence-corrected chi connectivity index (χ0v) is 11.7. The smallest absolute Gasteiger partial charge is 0.320 e. The van der Waals surface area contributed by atoms with E-state index in [1.54, 1.807) is 0 Å². The van der Waals surface area contributed by atoms with Gasteiger partial charge in [0.2, 0.25) is 0 Å². The van der Waals surface area contributed by atoms with Crippen molar-refractivity contribution in [3.8, 4) is 0 Å². The highest BCUT2D eigenvalue weighted by Gasteiger charge is 2.15. The van der Waals surface area contributed by atoms with Crippen molar-refractivity contribution in [3.05, 3.63) is 0 Å². The molecule has 0 aromatic carbocycles. The van der Waals surface area contributed by atoms with Gasteiger partial charge in [0, 0.05) is 13.0 Å². The fourth-order valence-electron chi connectivity index (χ4n) is 1.50. The average molecular weight is 305 g/mol. The van der Waals surface area contributed by atoms with Crippen LogP contribution in [-0.2, 0) is 14.4 Å². The molecule has 0 fully saturated rings. The normalized spacial score (nSPS) is 15.2. The number of carboxylic acids is 2. The standard InChI is InChI=1S/C12H23N3O6/c13-9(11(18)19)3-1-7(16)5-15-6-8(17)2-4-10(14)12(20)21/h7,9-10,15-16H,1-6,13-14H2,(H,18,19)(H,20,21). The van der Waals surface area contributed by atoms with E-state index in [1.165, 1.54) is 0 Å². The third-order valence-corrected chi connectivity index (χ3v) is 2.88. The van der Waals surface area contributed by atoms with Crippen LogP contribution >= 0.6 is 0 Å². The predicted octanol–water partition coefficient (Wildman–Crippen LogP) is -2.11. The van der Waals surface area contributed by atoms with E-state index in [2.05, 4.69) is 5.32 Å². The van der Waals surface area contributed by atoms with Crippen molar-refractivity contribution < 1.29 is 29.7 Å². The topological polar surface area (TPSA) is 176 Å². The minimum Gasteiger partial charge on any atom is -0.480 e. The Morgan fingerprint density at radius 1 is 0.952 bits per heavy atom. The van der Waals surface area contributed by atoms with Gasteiger partial charge in [-0.05, 0) is 19.3 Å². The Morgan fingerprint density at radius 3 is 2.00 bits per heavy atom. The fourth-order valence-corrected chi connectivity index (χ4v) is 1.50. The van der Waals surface area contributed by atoms with E-state index in [-0.39, 0.29) is 44.6 Å². The predicted molar refractivity (Wildman–Crippen MR) is 73.6 cm³/mol. The minimum absolute atomic E-state index is 0.00557. The van der Waals surface area contributed by atoms with Gasteiger partial charge in [0.25, 0.3) is 0 Å². The van der Waals surface area contributed by atoms with Gasteiger partial charge in [0.1, 0.15) is 17.9 Å². The summed E-state index contributed by atoms with van der Waals surface area (Å²) in [5.74, 6) is -2.48. The van der Waals surface area contributed by atoms with Crippen LogP contribution in [0.4, 0.5) is 0 Å². The number of carbonyl (C=O) groups excluding carboxylic acids is 1. The molecule has 0 aromatic rings. The number of hydrogen-bond donors (Lipinski definition) is 6. The number of carbonyl (C=O) groups is 3. The molecule has 0 bridgehead atoms. The molecule has 0 aliphatic rings. The Kier molecular flexibility index (Phi) is 9.46. The van der Waals surface area contributed by atoms with E-state index in [0.29, 0.717) is 0 Å². The number of aliphatic carboxylic acids is 2. The summed E-state index contributed by atoms with van der Waals surface area (Å²) in [4.78, 5) is 32.3. The molecule has 8 N–H and O–H groups in total. The van der Waals surface area contributed by atoms with Gasteiger partial charge in [-0.3, -0.25) is 14.4 Å². The second-order valence-corrected chi connectivity index (χ2v) is 4.83. The van der Waals surface area contributed by atoms with E-state index in [4.69, 9.17) is 21.7 Å². The summed E-state index contributed by atoms with van der Waals surface area (Å²) in [5.41, 5.74) is 10.6. The van der Waals surface area contributed by atoms with E-state index >= 15 is 0 Å². The summed E-state index contributed by atoms with van der Waals surface area (Å²) >= 11 is 0. The van der Waals surface area contributed by atoms with Gasteiger partial charge in [-0.2, -0.15) is 0 Å². The number of hydrogen-bond acceptors (Lipinski definition) is 7. The Balaban J connectivity index is 3.71. The highest BCUT2D eigenvalue weighted by Crippen LogP contribution is 2.00. The molecule has 0 aliphatic heterocycles. The average Bonchev–Trinajstić information content (AvgIpc) is 2.41. The highest BCUT2D eigenvalue weighted by molar-refractivity contribution is 5.81. The van der Waals surface area contributed by atoms with Gasteiger partial charge in [-0.25, -0.2) is 0 Å². The third kappa shape index (κ3) is 9.91. The van der Waals surface area contributed by atoms with Gasteiger partial charge in [0.15, 0.2) is 0 Å². The number of rotatable bonds is 12. The first kappa shape index (κ1) is 19.4. The number of aliphatic hydroxyl groups is 1. The first-order valence-electron chi connectivity index (χ1n) is 6.61. The van der Waals surface area contributed by atoms with Gasteiger partial charge in [-0.1, -0.05) is 0 Å². The summed E-state index contributed by atoms with van der Waals surface area (Å²) in [6.07, 6.45) is -0.353. The van der Waals surface area contributed by atoms with Gasteiger partial charge in [0.05, 0.1) is 12.6 Å². The molecule has 0 aliphatic carbocycles. The Bertz CT molecular complexity index is 363. The summed E-state index contributed by atoms with van der Waals surface area (Å²) < 4.78 is 0. The van der Waals surface area contributed by atoms with Crippen LogP contribution in [-0.4, -0.2) is 64.3 Å². The lowest BCUT2D eigenvalue weighted by atomic mass is 10.1. The lowest BCUT2D eigenvalue weighted by Crippen LogP contribution is -2.35. The zero-order valence-electron chi connectivity index (χ0n) is 11.7. The van der Waals surface area contributed by atoms with Crippen molar-refractivity contribution in [3.63, 3.8) is 0 Å². The summed E-state index contributed by atoms with van der Waals surface area (Å²) in [6.45, 7) is 0.122. The molecule has 0 radical (unpaired) electrons. The van der Waals surface area contributed by atoms with Crippen molar-refractivity contribution >= 4 is 17.7 Å². The van der Waals surface area contributed by atoms with Crippen LogP contribution in [0.25, 0.3) is 0 Å². The van der Waals surface area contributed by atoms with E-state index < -0.39 is 30.1 Å². The molecule has 3 atom stereocenters. The van der Waals surface area contributed by atoms with Crippen molar-refractivity contribution in [2.45, 2.75) is 43.9 Å². The highest BCUT2D eigenvalue weighted by atomic mass is 16.4. The Labute approximate surface area is 122 Å². The number of nitrogens with one attached hydrogen (secondary N) is 1. The first-order chi connectivity index (χ1) is 9.73. The van der Waals surface area contributed by atoms with Crippen LogP contribution in [0.3, 0.4) is 0 Å². The molecule has 0 saturated carbocycles. The van der Waals surface area contributed by atoms with Crippen LogP contribution in [0, 0.1) is 0 Å². The van der Waals surface area contributed by atoms with E-state index in [0.717, 1.165) is 0 Å². The number of ketones is 1.